The average Bonchev–Trinajstić information content (AvgIpc) is 3.50. The van der Waals surface area contributed by atoms with Gasteiger partial charge in [0.2, 0.25) is 0 Å². The van der Waals surface area contributed by atoms with E-state index in [9.17, 15) is 29.4 Å². The fraction of sp³-hybridized carbons (Fsp3) is 0.323. The van der Waals surface area contributed by atoms with Crippen molar-refractivity contribution in [1.82, 2.24) is 9.80 Å². The third-order valence-corrected chi connectivity index (χ3v) is 7.31. The van der Waals surface area contributed by atoms with Crippen LogP contribution < -0.4 is 11.5 Å². The summed E-state index contributed by atoms with van der Waals surface area (Å²) in [5.41, 5.74) is 11.7. The Kier molecular flexibility index (Phi) is 10.3. The van der Waals surface area contributed by atoms with Gasteiger partial charge in [0.25, 0.3) is 11.8 Å². The van der Waals surface area contributed by atoms with Crippen molar-refractivity contribution in [3.05, 3.63) is 83.9 Å². The van der Waals surface area contributed by atoms with E-state index < -0.39 is 42.1 Å². The molecule has 1 heterocycles. The van der Waals surface area contributed by atoms with Crippen LogP contribution in [0.15, 0.2) is 77.8 Å². The molecule has 6 N–H and O–H groups in total. The zero-order valence-corrected chi connectivity index (χ0v) is 23.5. The molecule has 1 unspecified atom stereocenters. The van der Waals surface area contributed by atoms with Crippen molar-refractivity contribution in [3.63, 3.8) is 0 Å². The van der Waals surface area contributed by atoms with E-state index in [1.807, 2.05) is 24.3 Å². The number of benzene rings is 3. The number of nitrogens with two attached hydrogens (primary N) is 2. The zero-order chi connectivity index (χ0) is 30.9. The summed E-state index contributed by atoms with van der Waals surface area (Å²) in [7, 11) is 0. The van der Waals surface area contributed by atoms with E-state index >= 15 is 0 Å². The van der Waals surface area contributed by atoms with Gasteiger partial charge in [-0.15, -0.1) is 0 Å². The summed E-state index contributed by atoms with van der Waals surface area (Å²) in [6.07, 6.45) is -2.12. The lowest BCUT2D eigenvalue weighted by Gasteiger charge is -2.32. The Morgan fingerprint density at radius 1 is 1.00 bits per heavy atom. The molecule has 0 saturated carbocycles. The number of carbonyl (C=O) groups is 4. The monoisotopic (exact) mass is 589 g/mol. The van der Waals surface area contributed by atoms with Gasteiger partial charge in [-0.05, 0) is 53.6 Å². The first kappa shape index (κ1) is 31.0. The summed E-state index contributed by atoms with van der Waals surface area (Å²) < 4.78 is 5.38. The van der Waals surface area contributed by atoms with Crippen LogP contribution in [0.5, 0.6) is 0 Å². The number of hydrogen-bond acceptors (Lipinski definition) is 7. The Bertz CT molecular complexity index is 1490. The Hall–Kier alpha value is -4.97. The SMILES string of the molecule is NC(N)=NCCC[C@@H](C(=O)O)N(C(=O)OCc1ccccc1)C(=O)[C@@H]1CCCN1C(=O)C(O)c1ccc2ccccc2c1. The van der Waals surface area contributed by atoms with Gasteiger partial charge in [-0.25, -0.2) is 14.5 Å². The highest BCUT2D eigenvalue weighted by Crippen LogP contribution is 2.28. The Morgan fingerprint density at radius 3 is 2.40 bits per heavy atom. The number of aliphatic carboxylic acids is 1. The highest BCUT2D eigenvalue weighted by molar-refractivity contribution is 6.01. The number of ether oxygens (including phenoxy) is 1. The number of guanidine groups is 1. The minimum Gasteiger partial charge on any atom is -0.480 e. The normalized spacial score (nSPS) is 15.8. The second-order valence-corrected chi connectivity index (χ2v) is 10.3. The summed E-state index contributed by atoms with van der Waals surface area (Å²) in [6.45, 7) is 0.0337. The van der Waals surface area contributed by atoms with Gasteiger partial charge >= 0.3 is 12.1 Å². The van der Waals surface area contributed by atoms with Crippen LogP contribution in [0.3, 0.4) is 0 Å². The number of amides is 3. The molecule has 3 aromatic rings. The van der Waals surface area contributed by atoms with Gasteiger partial charge in [0.1, 0.15) is 18.7 Å². The number of aliphatic hydroxyl groups is 1. The molecule has 226 valence electrons. The van der Waals surface area contributed by atoms with E-state index in [4.69, 9.17) is 16.2 Å². The maximum atomic E-state index is 14.0. The van der Waals surface area contributed by atoms with Crippen molar-refractivity contribution in [3.8, 4) is 0 Å². The molecule has 0 aromatic heterocycles. The molecule has 0 aliphatic carbocycles. The summed E-state index contributed by atoms with van der Waals surface area (Å²) in [5, 5.41) is 22.9. The number of carboxylic acid groups (broad SMARTS) is 1. The molecule has 1 fully saturated rings. The van der Waals surface area contributed by atoms with Gasteiger partial charge < -0.3 is 31.3 Å². The van der Waals surface area contributed by atoms with E-state index in [2.05, 4.69) is 4.99 Å². The number of imide groups is 1. The molecule has 3 aromatic carbocycles. The van der Waals surface area contributed by atoms with Crippen LogP contribution in [0.25, 0.3) is 10.8 Å². The van der Waals surface area contributed by atoms with E-state index in [0.29, 0.717) is 22.4 Å². The number of nitrogens with zero attached hydrogens (tertiary/aromatic N) is 3. The lowest BCUT2D eigenvalue weighted by atomic mass is 10.0. The van der Waals surface area contributed by atoms with Crippen LogP contribution in [-0.4, -0.2) is 75.0 Å². The first-order valence-electron chi connectivity index (χ1n) is 14.0. The van der Waals surface area contributed by atoms with Crippen molar-refractivity contribution in [1.29, 1.82) is 0 Å². The molecule has 1 aliphatic heterocycles. The van der Waals surface area contributed by atoms with Gasteiger partial charge in [-0.1, -0.05) is 66.7 Å². The largest absolute Gasteiger partial charge is 0.480 e. The van der Waals surface area contributed by atoms with Crippen molar-refractivity contribution < 1.29 is 34.1 Å². The number of rotatable bonds is 11. The van der Waals surface area contributed by atoms with Crippen molar-refractivity contribution in [2.24, 2.45) is 16.5 Å². The maximum Gasteiger partial charge on any atom is 0.417 e. The molecule has 12 heteroatoms. The summed E-state index contributed by atoms with van der Waals surface area (Å²) in [6, 6.07) is 18.6. The molecule has 0 spiro atoms. The summed E-state index contributed by atoms with van der Waals surface area (Å²) in [4.78, 5) is 58.8. The van der Waals surface area contributed by atoms with E-state index in [1.54, 1.807) is 48.5 Å². The molecule has 4 rings (SSSR count). The molecule has 3 atom stereocenters. The second-order valence-electron chi connectivity index (χ2n) is 10.3. The number of carboxylic acids is 1. The van der Waals surface area contributed by atoms with Crippen LogP contribution >= 0.6 is 0 Å². The molecule has 1 aliphatic rings. The quantitative estimate of drug-likeness (QED) is 0.148. The third kappa shape index (κ3) is 7.66. The Balaban J connectivity index is 1.57. The molecule has 12 nitrogen and oxygen atoms in total. The predicted molar refractivity (Wildman–Crippen MR) is 158 cm³/mol. The molecular weight excluding hydrogens is 554 g/mol. The molecule has 43 heavy (non-hydrogen) atoms. The van der Waals surface area contributed by atoms with Gasteiger partial charge in [0.05, 0.1) is 0 Å². The first-order valence-corrected chi connectivity index (χ1v) is 14.0. The fourth-order valence-corrected chi connectivity index (χ4v) is 5.14. The summed E-state index contributed by atoms with van der Waals surface area (Å²) in [5.74, 6) is -3.22. The lowest BCUT2D eigenvalue weighted by Crippen LogP contribution is -2.56. The number of aliphatic hydroxyl groups excluding tert-OH is 1. The molecule has 1 saturated heterocycles. The molecular formula is C31H35N5O7. The summed E-state index contributed by atoms with van der Waals surface area (Å²) >= 11 is 0. The topological polar surface area (TPSA) is 189 Å². The van der Waals surface area contributed by atoms with E-state index in [0.717, 1.165) is 10.8 Å². The standard InChI is InChI=1S/C31H35N5O7/c32-30(33)34-16-6-12-25(29(40)41)36(31(42)43-19-20-8-2-1-3-9-20)27(38)24-13-7-17-35(24)28(39)26(37)23-15-14-21-10-4-5-11-22(21)18-23/h1-5,8-11,14-15,18,24-26,37H,6-7,12-13,16-17,19H2,(H,40,41)(H4,32,33,34)/t24-,25-,26?/m0/s1. The zero-order valence-electron chi connectivity index (χ0n) is 23.5. The molecule has 0 radical (unpaired) electrons. The fourth-order valence-electron chi connectivity index (χ4n) is 5.14. The maximum absolute atomic E-state index is 14.0. The number of fused-ring (bicyclic) bond motifs is 1. The van der Waals surface area contributed by atoms with E-state index in [1.165, 1.54) is 4.90 Å². The second kappa shape index (κ2) is 14.3. The number of hydrogen-bond donors (Lipinski definition) is 4. The first-order chi connectivity index (χ1) is 20.7. The van der Waals surface area contributed by atoms with Crippen LogP contribution in [0.2, 0.25) is 0 Å². The average molecular weight is 590 g/mol. The van der Waals surface area contributed by atoms with Crippen molar-refractivity contribution in [2.45, 2.75) is 50.5 Å². The predicted octanol–water partition coefficient (Wildman–Crippen LogP) is 2.54. The van der Waals surface area contributed by atoms with E-state index in [-0.39, 0.29) is 44.9 Å². The van der Waals surface area contributed by atoms with Gasteiger partial charge in [0.15, 0.2) is 12.1 Å². The smallest absolute Gasteiger partial charge is 0.417 e. The number of likely N-dealkylation sites (tertiary alicyclic amines) is 1. The van der Waals surface area contributed by atoms with Crippen molar-refractivity contribution in [2.75, 3.05) is 13.1 Å². The van der Waals surface area contributed by atoms with Gasteiger partial charge in [0, 0.05) is 13.1 Å². The number of aliphatic imine (C=N–C) groups is 1. The molecule has 3 amide bonds. The Labute approximate surface area is 248 Å². The van der Waals surface area contributed by atoms with Crippen LogP contribution in [0, 0.1) is 0 Å². The minimum absolute atomic E-state index is 0.0825. The minimum atomic E-state index is -1.60. The van der Waals surface area contributed by atoms with Gasteiger partial charge in [-0.2, -0.15) is 0 Å². The highest BCUT2D eigenvalue weighted by Gasteiger charge is 2.44. The van der Waals surface area contributed by atoms with Crippen LogP contribution in [-0.2, 0) is 25.7 Å². The molecule has 0 bridgehead atoms. The van der Waals surface area contributed by atoms with Crippen LogP contribution in [0.1, 0.15) is 42.9 Å². The lowest BCUT2D eigenvalue weighted by molar-refractivity contribution is -0.154. The number of carbonyl (C=O) groups excluding carboxylic acids is 3. The third-order valence-electron chi connectivity index (χ3n) is 7.31. The highest BCUT2D eigenvalue weighted by atomic mass is 16.6. The van der Waals surface area contributed by atoms with Crippen molar-refractivity contribution >= 4 is 40.6 Å². The van der Waals surface area contributed by atoms with Gasteiger partial charge in [-0.3, -0.25) is 14.6 Å². The van der Waals surface area contributed by atoms with Crippen LogP contribution in [0.4, 0.5) is 4.79 Å². The Morgan fingerprint density at radius 2 is 1.70 bits per heavy atom.